The first kappa shape index (κ1) is 19.0. The molecule has 2 saturated heterocycles. The van der Waals surface area contributed by atoms with E-state index in [0.717, 1.165) is 34.9 Å². The molecule has 2 fully saturated rings. The summed E-state index contributed by atoms with van der Waals surface area (Å²) < 4.78 is 46.2. The third-order valence-corrected chi connectivity index (χ3v) is 5.93. The van der Waals surface area contributed by atoms with Gasteiger partial charge in [0.25, 0.3) is 6.43 Å². The van der Waals surface area contributed by atoms with Crippen LogP contribution in [0.5, 0.6) is 0 Å². The first-order chi connectivity index (χ1) is 14.4. The van der Waals surface area contributed by atoms with Gasteiger partial charge in [-0.2, -0.15) is 5.10 Å². The van der Waals surface area contributed by atoms with E-state index in [1.54, 1.807) is 13.1 Å². The second-order valence-electron chi connectivity index (χ2n) is 7.73. The zero-order valence-electron chi connectivity index (χ0n) is 16.4. The lowest BCUT2D eigenvalue weighted by atomic mass is 9.94. The number of hydrogen-bond donors (Lipinski definition) is 1. The minimum atomic E-state index is -2.87. The Morgan fingerprint density at radius 3 is 2.67 bits per heavy atom. The van der Waals surface area contributed by atoms with Crippen molar-refractivity contribution in [2.24, 2.45) is 0 Å². The van der Waals surface area contributed by atoms with Crippen LogP contribution in [0.1, 0.15) is 36.2 Å². The van der Waals surface area contributed by atoms with E-state index in [0.29, 0.717) is 18.5 Å². The van der Waals surface area contributed by atoms with E-state index < -0.39 is 23.8 Å². The summed E-state index contributed by atoms with van der Waals surface area (Å²) in [6.45, 7) is 5.04. The van der Waals surface area contributed by atoms with Crippen LogP contribution in [0.25, 0.3) is 10.8 Å². The number of anilines is 2. The second kappa shape index (κ2) is 7.09. The number of alkyl halides is 2. The van der Waals surface area contributed by atoms with E-state index in [4.69, 9.17) is 4.74 Å². The molecule has 6 nitrogen and oxygen atoms in total. The van der Waals surface area contributed by atoms with Crippen LogP contribution >= 0.6 is 0 Å². The number of rotatable bonds is 5. The molecule has 0 spiro atoms. The van der Waals surface area contributed by atoms with Gasteiger partial charge in [0.2, 0.25) is 0 Å². The molecule has 2 aliphatic rings. The topological polar surface area (TPSA) is 63.2 Å². The Balaban J connectivity index is 1.49. The first-order valence-electron chi connectivity index (χ1n) is 9.78. The minimum Gasteiger partial charge on any atom is -0.372 e. The number of aryl methyl sites for hydroxylation is 1. The van der Waals surface area contributed by atoms with Crippen LogP contribution in [-0.4, -0.2) is 40.5 Å². The van der Waals surface area contributed by atoms with Crippen molar-refractivity contribution in [3.05, 3.63) is 53.1 Å². The molecule has 5 rings (SSSR count). The van der Waals surface area contributed by atoms with E-state index in [2.05, 4.69) is 25.4 Å². The number of hydrogen-bond acceptors (Lipinski definition) is 6. The van der Waals surface area contributed by atoms with Gasteiger partial charge in [0.15, 0.2) is 5.82 Å². The predicted molar refractivity (Wildman–Crippen MR) is 106 cm³/mol. The van der Waals surface area contributed by atoms with E-state index in [-0.39, 0.29) is 11.7 Å². The Labute approximate surface area is 171 Å². The summed E-state index contributed by atoms with van der Waals surface area (Å²) in [5.41, 5.74) is 0.263. The fraction of sp³-hybridized carbons (Fsp3) is 0.381. The molecule has 0 radical (unpaired) electrons. The van der Waals surface area contributed by atoms with E-state index in [9.17, 15) is 13.2 Å². The van der Waals surface area contributed by atoms with Crippen molar-refractivity contribution in [2.75, 3.05) is 23.4 Å². The Morgan fingerprint density at radius 2 is 2.00 bits per heavy atom. The molecule has 0 amide bonds. The average molecular weight is 415 g/mol. The summed E-state index contributed by atoms with van der Waals surface area (Å²) >= 11 is 0. The average Bonchev–Trinajstić information content (AvgIpc) is 2.71. The molecule has 3 atom stereocenters. The lowest BCUT2D eigenvalue weighted by molar-refractivity contribution is -0.113. The molecule has 9 heteroatoms. The van der Waals surface area contributed by atoms with Gasteiger partial charge < -0.3 is 15.0 Å². The van der Waals surface area contributed by atoms with Crippen molar-refractivity contribution in [3.63, 3.8) is 0 Å². The zero-order valence-corrected chi connectivity index (χ0v) is 16.4. The van der Waals surface area contributed by atoms with Crippen molar-refractivity contribution in [2.45, 2.75) is 38.5 Å². The van der Waals surface area contributed by atoms with Crippen LogP contribution in [0.4, 0.5) is 24.8 Å². The smallest absolute Gasteiger partial charge is 0.266 e. The number of benzene rings is 1. The van der Waals surface area contributed by atoms with Gasteiger partial charge in [-0.1, -0.05) is 18.2 Å². The standard InChI is InChI=1S/C21H20F3N5O/c1-10(12-4-3-5-13(19(12)22)20(23)24)26-21-14-6-18(29-8-17-16(29)9-30-17)25-7-15(14)11(2)27-28-21/h3-7,10,16-17,20H,8-9H2,1-2H3,(H,26,28)/t10-,16?,17+/m1/s1. The summed E-state index contributed by atoms with van der Waals surface area (Å²) in [4.78, 5) is 6.75. The highest BCUT2D eigenvalue weighted by Gasteiger charge is 2.47. The van der Waals surface area contributed by atoms with Crippen molar-refractivity contribution in [3.8, 4) is 0 Å². The van der Waals surface area contributed by atoms with Gasteiger partial charge in [0, 0.05) is 29.1 Å². The minimum absolute atomic E-state index is 0.148. The molecule has 1 unspecified atom stereocenters. The number of nitrogens with zero attached hydrogens (tertiary/aromatic N) is 4. The molecule has 156 valence electrons. The molecule has 0 bridgehead atoms. The highest BCUT2D eigenvalue weighted by molar-refractivity contribution is 5.94. The Hall–Kier alpha value is -2.94. The maximum atomic E-state index is 14.6. The van der Waals surface area contributed by atoms with Crippen LogP contribution in [0, 0.1) is 12.7 Å². The van der Waals surface area contributed by atoms with Gasteiger partial charge in [-0.05, 0) is 19.9 Å². The molecular weight excluding hydrogens is 395 g/mol. The summed E-state index contributed by atoms with van der Waals surface area (Å²) in [6.07, 6.45) is -0.834. The quantitative estimate of drug-likeness (QED) is 0.675. The normalized spacial score (nSPS) is 21.2. The first-order valence-corrected chi connectivity index (χ1v) is 9.78. The van der Waals surface area contributed by atoms with Gasteiger partial charge in [-0.3, -0.25) is 0 Å². The molecule has 1 N–H and O–H groups in total. The molecular formula is C21H20F3N5O. The van der Waals surface area contributed by atoms with Crippen molar-refractivity contribution < 1.29 is 17.9 Å². The summed E-state index contributed by atoms with van der Waals surface area (Å²) in [5, 5.41) is 13.2. The fourth-order valence-electron chi connectivity index (χ4n) is 4.02. The van der Waals surface area contributed by atoms with Gasteiger partial charge in [-0.25, -0.2) is 18.2 Å². The van der Waals surface area contributed by atoms with Crippen LogP contribution in [0.2, 0.25) is 0 Å². The molecule has 0 saturated carbocycles. The highest BCUT2D eigenvalue weighted by atomic mass is 19.3. The predicted octanol–water partition coefficient (Wildman–Crippen LogP) is 4.17. The van der Waals surface area contributed by atoms with E-state index >= 15 is 0 Å². The molecule has 1 aromatic carbocycles. The van der Waals surface area contributed by atoms with Crippen molar-refractivity contribution in [1.82, 2.24) is 15.2 Å². The van der Waals surface area contributed by atoms with Gasteiger partial charge in [0.1, 0.15) is 11.6 Å². The van der Waals surface area contributed by atoms with Gasteiger partial charge >= 0.3 is 0 Å². The third kappa shape index (κ3) is 2.96. The van der Waals surface area contributed by atoms with E-state index in [1.165, 1.54) is 12.1 Å². The lowest BCUT2D eigenvalue weighted by Gasteiger charge is -2.55. The number of aromatic nitrogens is 3. The zero-order chi connectivity index (χ0) is 21.0. The molecule has 30 heavy (non-hydrogen) atoms. The molecule has 0 aliphatic carbocycles. The Kier molecular flexibility index (Phi) is 4.50. The number of nitrogens with one attached hydrogen (secondary N) is 1. The van der Waals surface area contributed by atoms with Crippen LogP contribution in [0.3, 0.4) is 0 Å². The molecule has 2 aromatic heterocycles. The van der Waals surface area contributed by atoms with Crippen molar-refractivity contribution in [1.29, 1.82) is 0 Å². The number of halogens is 3. The maximum absolute atomic E-state index is 14.6. The largest absolute Gasteiger partial charge is 0.372 e. The highest BCUT2D eigenvalue weighted by Crippen LogP contribution is 2.36. The van der Waals surface area contributed by atoms with Crippen molar-refractivity contribution >= 4 is 22.4 Å². The molecule has 2 aliphatic heterocycles. The number of pyridine rings is 1. The van der Waals surface area contributed by atoms with Gasteiger partial charge in [0.05, 0.1) is 36.1 Å². The van der Waals surface area contributed by atoms with Crippen LogP contribution < -0.4 is 10.2 Å². The summed E-state index contributed by atoms with van der Waals surface area (Å²) in [7, 11) is 0. The monoisotopic (exact) mass is 415 g/mol. The number of morpholine rings is 1. The Bertz CT molecular complexity index is 1130. The van der Waals surface area contributed by atoms with E-state index in [1.807, 2.05) is 13.0 Å². The summed E-state index contributed by atoms with van der Waals surface area (Å²) in [5.74, 6) is 0.368. The SMILES string of the molecule is Cc1nnc(N[C@H](C)c2cccc(C(F)F)c2F)c2cc(N3C[C@@H]4OCC43)ncc12. The van der Waals surface area contributed by atoms with Gasteiger partial charge in [-0.15, -0.1) is 5.10 Å². The lowest BCUT2D eigenvalue weighted by Crippen LogP contribution is -2.71. The number of ether oxygens (including phenoxy) is 1. The second-order valence-corrected chi connectivity index (χ2v) is 7.73. The maximum Gasteiger partial charge on any atom is 0.266 e. The number of fused-ring (bicyclic) bond motifs is 2. The molecule has 4 heterocycles. The fourth-order valence-corrected chi connectivity index (χ4v) is 4.02. The molecule has 3 aromatic rings. The van der Waals surface area contributed by atoms with Crippen LogP contribution in [-0.2, 0) is 4.74 Å². The Morgan fingerprint density at radius 1 is 1.20 bits per heavy atom. The third-order valence-electron chi connectivity index (χ3n) is 5.93. The van der Waals surface area contributed by atoms with Crippen LogP contribution in [0.15, 0.2) is 30.5 Å². The summed E-state index contributed by atoms with van der Waals surface area (Å²) in [6, 6.07) is 5.72.